The molecule has 0 unspecified atom stereocenters. The summed E-state index contributed by atoms with van der Waals surface area (Å²) in [5.41, 5.74) is 0.569. The zero-order valence-electron chi connectivity index (χ0n) is 13.5. The topological polar surface area (TPSA) is 62.7 Å². The molecule has 6 nitrogen and oxygen atoms in total. The van der Waals surface area contributed by atoms with Crippen LogP contribution in [0.3, 0.4) is 0 Å². The van der Waals surface area contributed by atoms with Gasteiger partial charge in [-0.25, -0.2) is 4.98 Å². The third-order valence-electron chi connectivity index (χ3n) is 3.95. The second-order valence-corrected chi connectivity index (χ2v) is 5.60. The molecule has 1 fully saturated rings. The van der Waals surface area contributed by atoms with Crippen molar-refractivity contribution in [3.63, 3.8) is 0 Å². The molecule has 6 heteroatoms. The maximum atomic E-state index is 12.6. The Kier molecular flexibility index (Phi) is 4.74. The van der Waals surface area contributed by atoms with Gasteiger partial charge in [-0.05, 0) is 24.3 Å². The van der Waals surface area contributed by atoms with Crippen LogP contribution in [0.15, 0.2) is 48.7 Å². The number of piperazine rings is 1. The van der Waals surface area contributed by atoms with E-state index in [-0.39, 0.29) is 11.8 Å². The minimum atomic E-state index is -0.0512. The molecule has 1 aliphatic heterocycles. The van der Waals surface area contributed by atoms with E-state index in [9.17, 15) is 9.59 Å². The summed E-state index contributed by atoms with van der Waals surface area (Å²) in [5, 5.41) is 0. The van der Waals surface area contributed by atoms with Crippen LogP contribution in [0.25, 0.3) is 0 Å². The molecule has 2 aromatic rings. The molecule has 0 radical (unpaired) electrons. The van der Waals surface area contributed by atoms with Crippen molar-refractivity contribution < 1.29 is 14.3 Å². The number of rotatable bonds is 3. The monoisotopic (exact) mass is 325 g/mol. The van der Waals surface area contributed by atoms with Crippen molar-refractivity contribution in [3.8, 4) is 11.6 Å². The summed E-state index contributed by atoms with van der Waals surface area (Å²) in [5.74, 6) is 1.05. The first kappa shape index (κ1) is 16.0. The minimum absolute atomic E-state index is 0.0489. The lowest BCUT2D eigenvalue weighted by Gasteiger charge is -2.34. The minimum Gasteiger partial charge on any atom is -0.439 e. The van der Waals surface area contributed by atoms with Crippen LogP contribution in [0.5, 0.6) is 11.6 Å². The summed E-state index contributed by atoms with van der Waals surface area (Å²) in [6.45, 7) is 3.79. The standard InChI is InChI=1S/C18H19N3O3/c1-14(22)20-9-11-21(12-10-20)18(23)15-5-4-6-16(13-15)24-17-7-2-3-8-19-17/h2-8,13H,9-12H2,1H3. The van der Waals surface area contributed by atoms with Crippen LogP contribution in [0.1, 0.15) is 17.3 Å². The predicted molar refractivity (Wildman–Crippen MR) is 88.9 cm³/mol. The number of amides is 2. The van der Waals surface area contributed by atoms with E-state index in [0.717, 1.165) is 0 Å². The number of pyridine rings is 1. The molecule has 2 heterocycles. The molecule has 2 amide bonds. The summed E-state index contributed by atoms with van der Waals surface area (Å²) in [7, 11) is 0. The van der Waals surface area contributed by atoms with Crippen LogP contribution in [0.4, 0.5) is 0 Å². The van der Waals surface area contributed by atoms with E-state index in [1.165, 1.54) is 0 Å². The molecule has 0 aliphatic carbocycles. The average Bonchev–Trinajstić information content (AvgIpc) is 2.62. The lowest BCUT2D eigenvalue weighted by Crippen LogP contribution is -2.50. The smallest absolute Gasteiger partial charge is 0.254 e. The molecule has 0 N–H and O–H groups in total. The van der Waals surface area contributed by atoms with E-state index in [4.69, 9.17) is 4.74 Å². The number of carbonyl (C=O) groups excluding carboxylic acids is 2. The number of hydrogen-bond acceptors (Lipinski definition) is 4. The fraction of sp³-hybridized carbons (Fsp3) is 0.278. The van der Waals surface area contributed by atoms with E-state index >= 15 is 0 Å². The lowest BCUT2D eigenvalue weighted by molar-refractivity contribution is -0.130. The molecule has 24 heavy (non-hydrogen) atoms. The fourth-order valence-electron chi connectivity index (χ4n) is 2.63. The number of hydrogen-bond donors (Lipinski definition) is 0. The Morgan fingerprint density at radius 1 is 1.00 bits per heavy atom. The van der Waals surface area contributed by atoms with Gasteiger partial charge in [-0.3, -0.25) is 9.59 Å². The molecule has 1 aliphatic rings. The maximum absolute atomic E-state index is 12.6. The Morgan fingerprint density at radius 3 is 2.42 bits per heavy atom. The van der Waals surface area contributed by atoms with Gasteiger partial charge < -0.3 is 14.5 Å². The molecule has 1 aromatic heterocycles. The van der Waals surface area contributed by atoms with Crippen molar-refractivity contribution >= 4 is 11.8 Å². The first-order valence-corrected chi connectivity index (χ1v) is 7.87. The highest BCUT2D eigenvalue weighted by atomic mass is 16.5. The van der Waals surface area contributed by atoms with Gasteiger partial charge in [0, 0.05) is 50.9 Å². The van der Waals surface area contributed by atoms with Gasteiger partial charge >= 0.3 is 0 Å². The Balaban J connectivity index is 1.67. The lowest BCUT2D eigenvalue weighted by atomic mass is 10.1. The van der Waals surface area contributed by atoms with Gasteiger partial charge in [-0.15, -0.1) is 0 Å². The molecule has 1 saturated heterocycles. The first-order chi connectivity index (χ1) is 11.6. The van der Waals surface area contributed by atoms with Crippen LogP contribution in [-0.4, -0.2) is 52.8 Å². The molecule has 124 valence electrons. The summed E-state index contributed by atoms with van der Waals surface area (Å²) in [6.07, 6.45) is 1.65. The summed E-state index contributed by atoms with van der Waals surface area (Å²) in [6, 6.07) is 12.5. The van der Waals surface area contributed by atoms with Crippen molar-refractivity contribution in [2.75, 3.05) is 26.2 Å². The largest absolute Gasteiger partial charge is 0.439 e. The Morgan fingerprint density at radius 2 is 1.75 bits per heavy atom. The predicted octanol–water partition coefficient (Wildman–Crippen LogP) is 2.18. The zero-order valence-corrected chi connectivity index (χ0v) is 13.5. The van der Waals surface area contributed by atoms with Gasteiger partial charge in [0.15, 0.2) is 0 Å². The summed E-state index contributed by atoms with van der Waals surface area (Å²) < 4.78 is 5.67. The van der Waals surface area contributed by atoms with Gasteiger partial charge in [0.1, 0.15) is 5.75 Å². The fourth-order valence-corrected chi connectivity index (χ4v) is 2.63. The zero-order chi connectivity index (χ0) is 16.9. The normalized spacial score (nSPS) is 14.4. The van der Waals surface area contributed by atoms with E-state index in [2.05, 4.69) is 4.98 Å². The molecule has 1 aromatic carbocycles. The Bertz CT molecular complexity index is 725. The number of carbonyl (C=O) groups is 2. The van der Waals surface area contributed by atoms with E-state index in [1.54, 1.807) is 53.3 Å². The van der Waals surface area contributed by atoms with Crippen molar-refractivity contribution in [1.29, 1.82) is 0 Å². The maximum Gasteiger partial charge on any atom is 0.254 e. The van der Waals surface area contributed by atoms with Crippen molar-refractivity contribution in [3.05, 3.63) is 54.2 Å². The average molecular weight is 325 g/mol. The highest BCUT2D eigenvalue weighted by Gasteiger charge is 2.23. The van der Waals surface area contributed by atoms with Crippen molar-refractivity contribution in [1.82, 2.24) is 14.8 Å². The van der Waals surface area contributed by atoms with Crippen molar-refractivity contribution in [2.24, 2.45) is 0 Å². The van der Waals surface area contributed by atoms with Crippen LogP contribution < -0.4 is 4.74 Å². The molecular formula is C18H19N3O3. The number of benzene rings is 1. The van der Waals surface area contributed by atoms with E-state index in [0.29, 0.717) is 43.4 Å². The summed E-state index contributed by atoms with van der Waals surface area (Å²) >= 11 is 0. The number of aromatic nitrogens is 1. The van der Waals surface area contributed by atoms with E-state index in [1.807, 2.05) is 12.1 Å². The van der Waals surface area contributed by atoms with Crippen molar-refractivity contribution in [2.45, 2.75) is 6.92 Å². The Labute approximate surface area is 140 Å². The van der Waals surface area contributed by atoms with Crippen LogP contribution >= 0.6 is 0 Å². The van der Waals surface area contributed by atoms with E-state index < -0.39 is 0 Å². The van der Waals surface area contributed by atoms with Gasteiger partial charge in [-0.1, -0.05) is 12.1 Å². The SMILES string of the molecule is CC(=O)N1CCN(C(=O)c2cccc(Oc3ccccn3)c2)CC1. The molecule has 0 bridgehead atoms. The molecule has 0 atom stereocenters. The number of nitrogens with zero attached hydrogens (tertiary/aromatic N) is 3. The highest BCUT2D eigenvalue weighted by molar-refractivity contribution is 5.94. The van der Waals surface area contributed by atoms with Crippen LogP contribution in [-0.2, 0) is 4.79 Å². The van der Waals surface area contributed by atoms with Crippen LogP contribution in [0.2, 0.25) is 0 Å². The first-order valence-electron chi connectivity index (χ1n) is 7.87. The molecule has 3 rings (SSSR count). The third-order valence-corrected chi connectivity index (χ3v) is 3.95. The molecule has 0 saturated carbocycles. The second kappa shape index (κ2) is 7.12. The second-order valence-electron chi connectivity index (χ2n) is 5.60. The van der Waals surface area contributed by atoms with Gasteiger partial charge in [-0.2, -0.15) is 0 Å². The molecular weight excluding hydrogens is 306 g/mol. The molecule has 0 spiro atoms. The Hall–Kier alpha value is -2.89. The number of ether oxygens (including phenoxy) is 1. The quantitative estimate of drug-likeness (QED) is 0.868. The van der Waals surface area contributed by atoms with Gasteiger partial charge in [0.05, 0.1) is 0 Å². The highest BCUT2D eigenvalue weighted by Crippen LogP contribution is 2.21. The third kappa shape index (κ3) is 3.71. The summed E-state index contributed by atoms with van der Waals surface area (Å²) in [4.78, 5) is 31.6. The van der Waals surface area contributed by atoms with Gasteiger partial charge in [0.25, 0.3) is 5.91 Å². The van der Waals surface area contributed by atoms with Gasteiger partial charge in [0.2, 0.25) is 11.8 Å². The van der Waals surface area contributed by atoms with Crippen LogP contribution in [0, 0.1) is 0 Å².